The Bertz CT molecular complexity index is 526. The molecule has 5 nitrogen and oxygen atoms in total. The molecule has 0 radical (unpaired) electrons. The van der Waals surface area contributed by atoms with Gasteiger partial charge >= 0.3 is 0 Å². The summed E-state index contributed by atoms with van der Waals surface area (Å²) in [5.74, 6) is 0.125. The fourth-order valence-electron chi connectivity index (χ4n) is 1.32. The Morgan fingerprint density at radius 2 is 2.06 bits per heavy atom. The number of amides is 1. The quantitative estimate of drug-likeness (QED) is 0.799. The first-order chi connectivity index (χ1) is 7.66. The van der Waals surface area contributed by atoms with Gasteiger partial charge in [0.05, 0.1) is 17.2 Å². The number of fused-ring (bicyclic) bond motifs is 1. The number of nitrogens with one attached hydrogen (secondary N) is 1. The second-order valence-electron chi connectivity index (χ2n) is 3.51. The van der Waals surface area contributed by atoms with Gasteiger partial charge in [-0.15, -0.1) is 0 Å². The predicted octanol–water partition coefficient (Wildman–Crippen LogP) is 0.915. The van der Waals surface area contributed by atoms with E-state index in [-0.39, 0.29) is 0 Å². The fraction of sp³-hybridized carbons (Fsp3) is 0.182. The molecule has 1 heterocycles. The van der Waals surface area contributed by atoms with Crippen molar-refractivity contribution in [2.24, 2.45) is 5.73 Å². The lowest BCUT2D eigenvalue weighted by molar-refractivity contribution is -0.118. The number of hydrogen-bond acceptors (Lipinski definition) is 4. The molecule has 1 amide bonds. The SMILES string of the molecule is CC(Nc1cnc2ccccc2n1)C(N)=O. The third-order valence-corrected chi connectivity index (χ3v) is 2.24. The molecular weight excluding hydrogens is 204 g/mol. The molecule has 0 aliphatic carbocycles. The standard InChI is InChI=1S/C11H12N4O/c1-7(11(12)16)14-10-6-13-8-4-2-3-5-9(8)15-10/h2-7H,1H3,(H2,12,16)(H,14,15). The van der Waals surface area contributed by atoms with Crippen molar-refractivity contribution in [2.75, 3.05) is 5.32 Å². The van der Waals surface area contributed by atoms with Gasteiger partial charge in [0.2, 0.25) is 5.91 Å². The molecule has 2 rings (SSSR count). The topological polar surface area (TPSA) is 80.9 Å². The van der Waals surface area contributed by atoms with Crippen molar-refractivity contribution in [3.63, 3.8) is 0 Å². The zero-order valence-corrected chi connectivity index (χ0v) is 8.84. The number of nitrogens with zero attached hydrogens (tertiary/aromatic N) is 2. The minimum Gasteiger partial charge on any atom is -0.368 e. The molecule has 0 saturated carbocycles. The average Bonchev–Trinajstić information content (AvgIpc) is 2.28. The van der Waals surface area contributed by atoms with Crippen molar-refractivity contribution in [2.45, 2.75) is 13.0 Å². The van der Waals surface area contributed by atoms with Gasteiger partial charge in [0.1, 0.15) is 11.9 Å². The van der Waals surface area contributed by atoms with Crippen molar-refractivity contribution in [1.82, 2.24) is 9.97 Å². The lowest BCUT2D eigenvalue weighted by atomic mass is 10.3. The molecule has 1 aromatic heterocycles. The number of aromatic nitrogens is 2. The highest BCUT2D eigenvalue weighted by atomic mass is 16.1. The number of primary amides is 1. The Morgan fingerprint density at radius 1 is 1.38 bits per heavy atom. The van der Waals surface area contributed by atoms with Crippen LogP contribution < -0.4 is 11.1 Å². The number of nitrogens with two attached hydrogens (primary N) is 1. The third kappa shape index (κ3) is 2.08. The second kappa shape index (κ2) is 4.14. The van der Waals surface area contributed by atoms with E-state index in [0.717, 1.165) is 11.0 Å². The number of carbonyl (C=O) groups excluding carboxylic acids is 1. The van der Waals surface area contributed by atoms with Crippen LogP contribution >= 0.6 is 0 Å². The molecule has 0 aliphatic heterocycles. The Hall–Kier alpha value is -2.17. The van der Waals surface area contributed by atoms with Gasteiger partial charge in [-0.1, -0.05) is 12.1 Å². The van der Waals surface area contributed by atoms with Crippen LogP contribution in [0.15, 0.2) is 30.5 Å². The average molecular weight is 216 g/mol. The van der Waals surface area contributed by atoms with E-state index in [1.54, 1.807) is 13.1 Å². The van der Waals surface area contributed by atoms with Gasteiger partial charge in [-0.25, -0.2) is 4.98 Å². The summed E-state index contributed by atoms with van der Waals surface area (Å²) in [5, 5.41) is 2.89. The minimum atomic E-state index is -0.463. The van der Waals surface area contributed by atoms with Crippen molar-refractivity contribution in [3.05, 3.63) is 30.5 Å². The van der Waals surface area contributed by atoms with E-state index in [9.17, 15) is 4.79 Å². The maximum Gasteiger partial charge on any atom is 0.239 e. The molecule has 82 valence electrons. The predicted molar refractivity (Wildman–Crippen MR) is 61.8 cm³/mol. The van der Waals surface area contributed by atoms with E-state index in [2.05, 4.69) is 15.3 Å². The zero-order chi connectivity index (χ0) is 11.5. The van der Waals surface area contributed by atoms with Crippen molar-refractivity contribution in [3.8, 4) is 0 Å². The van der Waals surface area contributed by atoms with E-state index in [1.165, 1.54) is 0 Å². The number of hydrogen-bond donors (Lipinski definition) is 2. The zero-order valence-electron chi connectivity index (χ0n) is 8.84. The minimum absolute atomic E-state index is 0.421. The van der Waals surface area contributed by atoms with Gasteiger partial charge in [-0.3, -0.25) is 9.78 Å². The van der Waals surface area contributed by atoms with E-state index in [4.69, 9.17) is 5.73 Å². The number of benzene rings is 1. The van der Waals surface area contributed by atoms with Gasteiger partial charge in [-0.2, -0.15) is 0 Å². The smallest absolute Gasteiger partial charge is 0.239 e. The summed E-state index contributed by atoms with van der Waals surface area (Å²) in [6.45, 7) is 1.68. The molecular formula is C11H12N4O. The fourth-order valence-corrected chi connectivity index (χ4v) is 1.32. The lowest BCUT2D eigenvalue weighted by Crippen LogP contribution is -2.32. The summed E-state index contributed by atoms with van der Waals surface area (Å²) >= 11 is 0. The number of rotatable bonds is 3. The third-order valence-electron chi connectivity index (χ3n) is 2.24. The van der Waals surface area contributed by atoms with E-state index in [0.29, 0.717) is 5.82 Å². The van der Waals surface area contributed by atoms with Crippen LogP contribution in [0.4, 0.5) is 5.82 Å². The normalized spacial score (nSPS) is 12.3. The molecule has 5 heteroatoms. The maximum atomic E-state index is 10.9. The van der Waals surface area contributed by atoms with Crippen LogP contribution in [0.5, 0.6) is 0 Å². The Kier molecular flexibility index (Phi) is 2.68. The monoisotopic (exact) mass is 216 g/mol. The highest BCUT2D eigenvalue weighted by molar-refractivity contribution is 5.82. The van der Waals surface area contributed by atoms with Crippen LogP contribution in [0.1, 0.15) is 6.92 Å². The Balaban J connectivity index is 2.29. The van der Waals surface area contributed by atoms with Gasteiger partial charge in [0, 0.05) is 0 Å². The first kappa shape index (κ1) is 10.4. The summed E-state index contributed by atoms with van der Waals surface area (Å²) in [6, 6.07) is 7.07. The van der Waals surface area contributed by atoms with Crippen LogP contribution in [-0.4, -0.2) is 21.9 Å². The van der Waals surface area contributed by atoms with Gasteiger partial charge in [-0.05, 0) is 19.1 Å². The molecule has 0 aliphatic rings. The Morgan fingerprint density at radius 3 is 2.75 bits per heavy atom. The molecule has 0 bridgehead atoms. The van der Waals surface area contributed by atoms with Crippen LogP contribution in [0.3, 0.4) is 0 Å². The first-order valence-corrected chi connectivity index (χ1v) is 4.94. The summed E-state index contributed by atoms with van der Waals surface area (Å²) < 4.78 is 0. The van der Waals surface area contributed by atoms with E-state index >= 15 is 0 Å². The van der Waals surface area contributed by atoms with E-state index < -0.39 is 11.9 Å². The van der Waals surface area contributed by atoms with Crippen molar-refractivity contribution >= 4 is 22.8 Å². The molecule has 3 N–H and O–H groups in total. The van der Waals surface area contributed by atoms with Crippen LogP contribution in [-0.2, 0) is 4.79 Å². The van der Waals surface area contributed by atoms with Crippen molar-refractivity contribution < 1.29 is 4.79 Å². The van der Waals surface area contributed by atoms with Gasteiger partial charge in [0.25, 0.3) is 0 Å². The lowest BCUT2D eigenvalue weighted by Gasteiger charge is -2.10. The molecule has 1 aromatic carbocycles. The first-order valence-electron chi connectivity index (χ1n) is 4.94. The number of carbonyl (C=O) groups is 1. The summed E-state index contributed by atoms with van der Waals surface area (Å²) in [5.41, 5.74) is 6.75. The molecule has 1 unspecified atom stereocenters. The molecule has 0 spiro atoms. The van der Waals surface area contributed by atoms with Gasteiger partial charge < -0.3 is 11.1 Å². The summed E-state index contributed by atoms with van der Waals surface area (Å²) in [6.07, 6.45) is 1.59. The molecule has 1 atom stereocenters. The van der Waals surface area contributed by atoms with E-state index in [1.807, 2.05) is 24.3 Å². The second-order valence-corrected chi connectivity index (χ2v) is 3.51. The summed E-state index contributed by atoms with van der Waals surface area (Å²) in [7, 11) is 0. The highest BCUT2D eigenvalue weighted by Crippen LogP contribution is 2.11. The molecule has 0 saturated heterocycles. The molecule has 0 fully saturated rings. The summed E-state index contributed by atoms with van der Waals surface area (Å²) in [4.78, 5) is 19.4. The highest BCUT2D eigenvalue weighted by Gasteiger charge is 2.08. The van der Waals surface area contributed by atoms with Crippen LogP contribution in [0, 0.1) is 0 Å². The number of para-hydroxylation sites is 2. The molecule has 16 heavy (non-hydrogen) atoms. The van der Waals surface area contributed by atoms with Gasteiger partial charge in [0.15, 0.2) is 0 Å². The number of anilines is 1. The molecule has 2 aromatic rings. The van der Waals surface area contributed by atoms with Crippen molar-refractivity contribution in [1.29, 1.82) is 0 Å². The maximum absolute atomic E-state index is 10.9. The Labute approximate surface area is 92.7 Å². The van der Waals surface area contributed by atoms with Crippen LogP contribution in [0.2, 0.25) is 0 Å². The largest absolute Gasteiger partial charge is 0.368 e. The van der Waals surface area contributed by atoms with Crippen LogP contribution in [0.25, 0.3) is 11.0 Å².